The van der Waals surface area contributed by atoms with Gasteiger partial charge in [0.1, 0.15) is 6.29 Å². The van der Waals surface area contributed by atoms with Gasteiger partial charge in [-0.05, 0) is 48.5 Å². The summed E-state index contributed by atoms with van der Waals surface area (Å²) in [6.45, 7) is 11.5. The first-order valence-corrected chi connectivity index (χ1v) is 7.21. The molecule has 0 amide bonds. The summed E-state index contributed by atoms with van der Waals surface area (Å²) in [5.41, 5.74) is 2.06. The van der Waals surface area contributed by atoms with Crippen LogP contribution in [0.5, 0.6) is 0 Å². The van der Waals surface area contributed by atoms with E-state index >= 15 is 0 Å². The number of carbonyl (C=O) groups is 1. The Morgan fingerprint density at radius 1 is 1.28 bits per heavy atom. The molecule has 1 nitrogen and oxygen atoms in total. The van der Waals surface area contributed by atoms with Gasteiger partial charge in [-0.25, -0.2) is 0 Å². The molecule has 100 valence electrons. The van der Waals surface area contributed by atoms with Gasteiger partial charge in [0.05, 0.1) is 0 Å². The van der Waals surface area contributed by atoms with E-state index < -0.39 is 0 Å². The first kappa shape index (κ1) is 13.6. The highest BCUT2D eigenvalue weighted by Gasteiger charge is 2.51. The summed E-state index contributed by atoms with van der Waals surface area (Å²) in [5.74, 6) is 1.14. The van der Waals surface area contributed by atoms with Gasteiger partial charge < -0.3 is 0 Å². The van der Waals surface area contributed by atoms with Crippen molar-refractivity contribution in [1.82, 2.24) is 0 Å². The highest BCUT2D eigenvalue weighted by molar-refractivity contribution is 5.65. The molecule has 0 heterocycles. The molecule has 2 rings (SSSR count). The lowest BCUT2D eigenvalue weighted by Crippen LogP contribution is -2.48. The zero-order chi connectivity index (χ0) is 13.4. The standard InChI is InChI=1S/C17H26O/c1-13-8-9-15-16(2,3)10-6-11-17(15,4)14(13)7-5-12-18/h5,7,12,14-15H,1,6,8-11H2,2-4H3/b7-5+/t14-,15-,17+/m0/s1. The molecular weight excluding hydrogens is 220 g/mol. The predicted molar refractivity (Wildman–Crippen MR) is 76.3 cm³/mol. The largest absolute Gasteiger partial charge is 0.299 e. The van der Waals surface area contributed by atoms with Crippen molar-refractivity contribution in [3.63, 3.8) is 0 Å². The third-order valence-corrected chi connectivity index (χ3v) is 5.56. The summed E-state index contributed by atoms with van der Waals surface area (Å²) in [7, 11) is 0. The van der Waals surface area contributed by atoms with E-state index in [1.54, 1.807) is 6.08 Å². The summed E-state index contributed by atoms with van der Waals surface area (Å²) in [6.07, 6.45) is 11.0. The Labute approximate surface area is 111 Å². The van der Waals surface area contributed by atoms with E-state index in [-0.39, 0.29) is 0 Å². The van der Waals surface area contributed by atoms with Gasteiger partial charge in [-0.15, -0.1) is 0 Å². The second-order valence-electron chi connectivity index (χ2n) is 7.10. The molecule has 0 saturated heterocycles. The number of allylic oxidation sites excluding steroid dienone is 3. The third-order valence-electron chi connectivity index (χ3n) is 5.56. The number of aldehydes is 1. The molecule has 18 heavy (non-hydrogen) atoms. The molecule has 0 N–H and O–H groups in total. The minimum Gasteiger partial charge on any atom is -0.299 e. The van der Waals surface area contributed by atoms with Crippen LogP contribution in [0.25, 0.3) is 0 Å². The van der Waals surface area contributed by atoms with E-state index in [9.17, 15) is 4.79 Å². The van der Waals surface area contributed by atoms with Crippen LogP contribution >= 0.6 is 0 Å². The molecule has 0 unspecified atom stereocenters. The number of hydrogen-bond acceptors (Lipinski definition) is 1. The predicted octanol–water partition coefficient (Wildman–Crippen LogP) is 4.54. The molecule has 0 spiro atoms. The Bertz CT molecular complexity index is 377. The van der Waals surface area contributed by atoms with Crippen molar-refractivity contribution in [2.75, 3.05) is 0 Å². The lowest BCUT2D eigenvalue weighted by Gasteiger charge is -2.57. The fraction of sp³-hybridized carbons (Fsp3) is 0.706. The van der Waals surface area contributed by atoms with Crippen molar-refractivity contribution in [2.45, 2.75) is 52.9 Å². The minimum atomic E-state index is 0.302. The van der Waals surface area contributed by atoms with Gasteiger partial charge in [-0.3, -0.25) is 4.79 Å². The molecule has 0 aliphatic heterocycles. The second kappa shape index (κ2) is 4.68. The van der Waals surface area contributed by atoms with Gasteiger partial charge in [0.2, 0.25) is 0 Å². The Balaban J connectivity index is 2.36. The van der Waals surface area contributed by atoms with Gasteiger partial charge in [0.25, 0.3) is 0 Å². The van der Waals surface area contributed by atoms with E-state index in [0.29, 0.717) is 16.7 Å². The van der Waals surface area contributed by atoms with E-state index in [1.807, 2.05) is 0 Å². The van der Waals surface area contributed by atoms with Crippen LogP contribution in [0.3, 0.4) is 0 Å². The first-order chi connectivity index (χ1) is 8.42. The van der Waals surface area contributed by atoms with Crippen LogP contribution in [0.1, 0.15) is 52.9 Å². The zero-order valence-electron chi connectivity index (χ0n) is 12.0. The van der Waals surface area contributed by atoms with E-state index in [2.05, 4.69) is 33.4 Å². The maximum atomic E-state index is 10.6. The van der Waals surface area contributed by atoms with Gasteiger partial charge in [-0.2, -0.15) is 0 Å². The normalized spacial score (nSPS) is 39.6. The highest BCUT2D eigenvalue weighted by Crippen LogP contribution is 2.61. The fourth-order valence-electron chi connectivity index (χ4n) is 4.72. The smallest absolute Gasteiger partial charge is 0.142 e. The summed E-state index contributed by atoms with van der Waals surface area (Å²) >= 11 is 0. The first-order valence-electron chi connectivity index (χ1n) is 7.21. The molecule has 2 aliphatic rings. The fourth-order valence-corrected chi connectivity index (χ4v) is 4.72. The number of carbonyl (C=O) groups excluding carboxylic acids is 1. The van der Waals surface area contributed by atoms with Gasteiger partial charge in [0.15, 0.2) is 0 Å². The molecule has 0 aromatic heterocycles. The summed E-state index contributed by atoms with van der Waals surface area (Å²) in [5, 5.41) is 0. The molecule has 0 radical (unpaired) electrons. The van der Waals surface area contributed by atoms with Crippen LogP contribution in [0.15, 0.2) is 24.3 Å². The summed E-state index contributed by atoms with van der Waals surface area (Å²) in [4.78, 5) is 10.6. The van der Waals surface area contributed by atoms with E-state index in [4.69, 9.17) is 0 Å². The lowest BCUT2D eigenvalue weighted by atomic mass is 9.47. The summed E-state index contributed by atoms with van der Waals surface area (Å²) < 4.78 is 0. The van der Waals surface area contributed by atoms with Gasteiger partial charge in [0, 0.05) is 5.92 Å². The van der Waals surface area contributed by atoms with Crippen LogP contribution in [0, 0.1) is 22.7 Å². The van der Waals surface area contributed by atoms with Crippen molar-refractivity contribution in [1.29, 1.82) is 0 Å². The molecule has 0 bridgehead atoms. The maximum Gasteiger partial charge on any atom is 0.142 e. The molecule has 2 aliphatic carbocycles. The van der Waals surface area contributed by atoms with Crippen molar-refractivity contribution >= 4 is 6.29 Å². The van der Waals surface area contributed by atoms with Crippen molar-refractivity contribution in [2.24, 2.45) is 22.7 Å². The quantitative estimate of drug-likeness (QED) is 0.397. The molecular formula is C17H26O. The topological polar surface area (TPSA) is 17.1 Å². The van der Waals surface area contributed by atoms with Crippen LogP contribution in [-0.2, 0) is 4.79 Å². The Hall–Kier alpha value is -0.850. The van der Waals surface area contributed by atoms with Crippen LogP contribution in [-0.4, -0.2) is 6.29 Å². The van der Waals surface area contributed by atoms with Crippen molar-refractivity contribution in [3.05, 3.63) is 24.3 Å². The third kappa shape index (κ3) is 2.08. The Kier molecular flexibility index (Phi) is 3.53. The zero-order valence-corrected chi connectivity index (χ0v) is 12.0. The maximum absolute atomic E-state index is 10.6. The second-order valence-corrected chi connectivity index (χ2v) is 7.10. The average Bonchev–Trinajstić information content (AvgIpc) is 2.27. The van der Waals surface area contributed by atoms with Gasteiger partial charge in [-0.1, -0.05) is 45.4 Å². The molecule has 2 saturated carbocycles. The number of rotatable bonds is 2. The number of hydrogen-bond donors (Lipinski definition) is 0. The molecule has 2 fully saturated rings. The van der Waals surface area contributed by atoms with Crippen LogP contribution in [0.2, 0.25) is 0 Å². The monoisotopic (exact) mass is 246 g/mol. The Morgan fingerprint density at radius 3 is 2.67 bits per heavy atom. The van der Waals surface area contributed by atoms with Crippen molar-refractivity contribution < 1.29 is 4.79 Å². The Morgan fingerprint density at radius 2 is 2.00 bits per heavy atom. The highest BCUT2D eigenvalue weighted by atomic mass is 16.1. The average molecular weight is 246 g/mol. The molecule has 0 aromatic carbocycles. The number of fused-ring (bicyclic) bond motifs is 1. The molecule has 3 atom stereocenters. The van der Waals surface area contributed by atoms with Crippen molar-refractivity contribution in [3.8, 4) is 0 Å². The van der Waals surface area contributed by atoms with Gasteiger partial charge >= 0.3 is 0 Å². The SMILES string of the molecule is C=C1CC[C@H]2C(C)(C)CCC[C@]2(C)[C@H]1/C=C/C=O. The van der Waals surface area contributed by atoms with Crippen LogP contribution < -0.4 is 0 Å². The van der Waals surface area contributed by atoms with Crippen LogP contribution in [0.4, 0.5) is 0 Å². The summed E-state index contributed by atoms with van der Waals surface area (Å²) in [6, 6.07) is 0. The molecule has 1 heteroatoms. The minimum absolute atomic E-state index is 0.302. The lowest BCUT2D eigenvalue weighted by molar-refractivity contribution is -0.104. The van der Waals surface area contributed by atoms with E-state index in [0.717, 1.165) is 18.6 Å². The molecule has 0 aromatic rings. The van der Waals surface area contributed by atoms with E-state index in [1.165, 1.54) is 31.3 Å².